The van der Waals surface area contributed by atoms with E-state index in [0.29, 0.717) is 18.9 Å². The van der Waals surface area contributed by atoms with Gasteiger partial charge in [0.25, 0.3) is 11.5 Å². The molecule has 28 heavy (non-hydrogen) atoms. The summed E-state index contributed by atoms with van der Waals surface area (Å²) in [6.45, 7) is 6.68. The third-order valence-electron chi connectivity index (χ3n) is 4.50. The van der Waals surface area contributed by atoms with Crippen molar-refractivity contribution >= 4 is 29.0 Å². The second-order valence-electron chi connectivity index (χ2n) is 7.12. The van der Waals surface area contributed by atoms with Gasteiger partial charge >= 0.3 is 5.69 Å². The van der Waals surface area contributed by atoms with Gasteiger partial charge in [0.15, 0.2) is 5.69 Å². The van der Waals surface area contributed by atoms with E-state index in [4.69, 9.17) is 17.3 Å². The number of rotatable bonds is 8. The molecule has 0 bridgehead atoms. The van der Waals surface area contributed by atoms with Crippen LogP contribution in [0, 0.1) is 5.92 Å². The number of nitrogens with zero attached hydrogens (tertiary/aromatic N) is 2. The number of carbonyl (C=O) groups is 1. The lowest BCUT2D eigenvalue weighted by molar-refractivity contribution is 0.0985. The number of H-pyrrole nitrogens is 1. The third kappa shape index (κ3) is 4.84. The van der Waals surface area contributed by atoms with E-state index in [0.717, 1.165) is 12.8 Å². The molecule has 2 rings (SSSR count). The van der Waals surface area contributed by atoms with Crippen molar-refractivity contribution in [2.45, 2.75) is 46.6 Å². The van der Waals surface area contributed by atoms with Crippen LogP contribution in [0.4, 0.5) is 11.5 Å². The van der Waals surface area contributed by atoms with Crippen LogP contribution in [0.3, 0.4) is 0 Å². The number of halogens is 1. The molecule has 0 aliphatic heterocycles. The topological polar surface area (TPSA) is 101 Å². The highest BCUT2D eigenvalue weighted by Gasteiger charge is 2.26. The van der Waals surface area contributed by atoms with Crippen molar-refractivity contribution < 1.29 is 4.79 Å². The number of benzene rings is 1. The SMILES string of the molecule is CCCCn1c(N)c(N(CCC(C)C)C(=O)c2ccccc2Cl)c(=O)[nH]c1=O. The van der Waals surface area contributed by atoms with Crippen LogP contribution in [0.15, 0.2) is 33.9 Å². The zero-order chi connectivity index (χ0) is 20.8. The lowest BCUT2D eigenvalue weighted by atomic mass is 10.1. The lowest BCUT2D eigenvalue weighted by Crippen LogP contribution is -2.42. The predicted octanol–water partition coefficient (Wildman–Crippen LogP) is 3.27. The summed E-state index contributed by atoms with van der Waals surface area (Å²) in [6, 6.07) is 6.65. The molecular weight excluding hydrogens is 380 g/mol. The smallest absolute Gasteiger partial charge is 0.330 e. The Kier molecular flexibility index (Phi) is 7.45. The van der Waals surface area contributed by atoms with Crippen molar-refractivity contribution in [1.29, 1.82) is 0 Å². The van der Waals surface area contributed by atoms with E-state index in [1.807, 2.05) is 20.8 Å². The fourth-order valence-corrected chi connectivity index (χ4v) is 3.08. The standard InChI is InChI=1S/C20H27ClN4O3/c1-4-5-11-25-17(22)16(18(26)23-20(25)28)24(12-10-13(2)3)19(27)14-8-6-7-9-15(14)21/h6-9,13H,4-5,10-12,22H2,1-3H3,(H,23,26,28). The Bertz CT molecular complexity index is 949. The van der Waals surface area contributed by atoms with Crippen molar-refractivity contribution in [3.05, 3.63) is 55.7 Å². The summed E-state index contributed by atoms with van der Waals surface area (Å²) in [5.74, 6) is -0.136. The third-order valence-corrected chi connectivity index (χ3v) is 4.83. The first-order valence-corrected chi connectivity index (χ1v) is 9.84. The molecule has 1 amide bonds. The average molecular weight is 407 g/mol. The van der Waals surface area contributed by atoms with Crippen molar-refractivity contribution in [2.24, 2.45) is 5.92 Å². The zero-order valence-electron chi connectivity index (χ0n) is 16.5. The summed E-state index contributed by atoms with van der Waals surface area (Å²) >= 11 is 6.20. The molecule has 0 aliphatic carbocycles. The van der Waals surface area contributed by atoms with Gasteiger partial charge in [-0.2, -0.15) is 0 Å². The predicted molar refractivity (Wildman–Crippen MR) is 113 cm³/mol. The molecule has 0 saturated heterocycles. The maximum Gasteiger partial charge on any atom is 0.330 e. The summed E-state index contributed by atoms with van der Waals surface area (Å²) in [4.78, 5) is 41.7. The summed E-state index contributed by atoms with van der Waals surface area (Å²) in [6.07, 6.45) is 2.24. The fraction of sp³-hybridized carbons (Fsp3) is 0.450. The molecule has 1 aromatic heterocycles. The summed E-state index contributed by atoms with van der Waals surface area (Å²) in [5, 5.41) is 0.288. The van der Waals surface area contributed by atoms with Crippen LogP contribution >= 0.6 is 11.6 Å². The van der Waals surface area contributed by atoms with Crippen LogP contribution in [-0.2, 0) is 6.54 Å². The molecule has 152 valence electrons. The van der Waals surface area contributed by atoms with Gasteiger partial charge in [-0.25, -0.2) is 4.79 Å². The average Bonchev–Trinajstić information content (AvgIpc) is 2.63. The molecular formula is C20H27ClN4O3. The molecule has 0 saturated carbocycles. The van der Waals surface area contributed by atoms with Gasteiger partial charge in [0.2, 0.25) is 0 Å². The number of carbonyl (C=O) groups excluding carboxylic acids is 1. The summed E-state index contributed by atoms with van der Waals surface area (Å²) in [5.41, 5.74) is 5.21. The highest BCUT2D eigenvalue weighted by Crippen LogP contribution is 2.24. The Balaban J connectivity index is 2.61. The highest BCUT2D eigenvalue weighted by atomic mass is 35.5. The molecule has 0 spiro atoms. The van der Waals surface area contributed by atoms with Gasteiger partial charge in [-0.05, 0) is 30.9 Å². The second-order valence-corrected chi connectivity index (χ2v) is 7.52. The van der Waals surface area contributed by atoms with Gasteiger partial charge in [0, 0.05) is 13.1 Å². The highest BCUT2D eigenvalue weighted by molar-refractivity contribution is 6.34. The molecule has 8 heteroatoms. The minimum absolute atomic E-state index is 0.00800. The molecule has 0 radical (unpaired) electrons. The molecule has 0 unspecified atom stereocenters. The lowest BCUT2D eigenvalue weighted by Gasteiger charge is -2.25. The number of nitrogens with one attached hydrogen (secondary N) is 1. The zero-order valence-corrected chi connectivity index (χ0v) is 17.3. The Hall–Kier alpha value is -2.54. The van der Waals surface area contributed by atoms with Crippen LogP contribution in [-0.4, -0.2) is 22.0 Å². The maximum absolute atomic E-state index is 13.2. The minimum Gasteiger partial charge on any atom is -0.383 e. The van der Waals surface area contributed by atoms with E-state index >= 15 is 0 Å². The van der Waals surface area contributed by atoms with Crippen molar-refractivity contribution in [1.82, 2.24) is 9.55 Å². The maximum atomic E-state index is 13.2. The van der Waals surface area contributed by atoms with E-state index in [9.17, 15) is 14.4 Å². The minimum atomic E-state index is -0.681. The number of aromatic amines is 1. The monoisotopic (exact) mass is 406 g/mol. The van der Waals surface area contributed by atoms with Gasteiger partial charge < -0.3 is 10.6 Å². The number of hydrogen-bond donors (Lipinski definition) is 2. The molecule has 7 nitrogen and oxygen atoms in total. The van der Waals surface area contributed by atoms with Gasteiger partial charge in [0.05, 0.1) is 10.6 Å². The number of unbranched alkanes of at least 4 members (excludes halogenated alkanes) is 1. The molecule has 1 heterocycles. The Morgan fingerprint density at radius 3 is 2.57 bits per heavy atom. The number of anilines is 2. The van der Waals surface area contributed by atoms with Crippen LogP contribution < -0.4 is 21.9 Å². The molecule has 0 fully saturated rings. The van der Waals surface area contributed by atoms with Gasteiger partial charge in [-0.1, -0.05) is 50.9 Å². The van der Waals surface area contributed by atoms with E-state index < -0.39 is 17.2 Å². The first-order valence-electron chi connectivity index (χ1n) is 9.46. The van der Waals surface area contributed by atoms with Gasteiger partial charge in [-0.3, -0.25) is 19.1 Å². The summed E-state index contributed by atoms with van der Waals surface area (Å²) < 4.78 is 1.31. The van der Waals surface area contributed by atoms with E-state index in [1.165, 1.54) is 9.47 Å². The van der Waals surface area contributed by atoms with Crippen LogP contribution in [0.1, 0.15) is 50.4 Å². The molecule has 2 aromatic rings. The van der Waals surface area contributed by atoms with Crippen LogP contribution in [0.5, 0.6) is 0 Å². The molecule has 3 N–H and O–H groups in total. The van der Waals surface area contributed by atoms with Crippen molar-refractivity contribution in [3.8, 4) is 0 Å². The largest absolute Gasteiger partial charge is 0.383 e. The Morgan fingerprint density at radius 1 is 1.29 bits per heavy atom. The molecule has 0 aliphatic rings. The summed E-state index contributed by atoms with van der Waals surface area (Å²) in [7, 11) is 0. The first-order chi connectivity index (χ1) is 13.3. The fourth-order valence-electron chi connectivity index (χ4n) is 2.86. The number of amides is 1. The number of nitrogens with two attached hydrogens (primary N) is 1. The number of hydrogen-bond acceptors (Lipinski definition) is 4. The second kappa shape index (κ2) is 9.59. The number of nitrogen functional groups attached to an aromatic ring is 1. The normalized spacial score (nSPS) is 11.0. The number of aromatic nitrogens is 2. The van der Waals surface area contributed by atoms with Crippen LogP contribution in [0.2, 0.25) is 5.02 Å². The molecule has 1 aromatic carbocycles. The molecule has 0 atom stereocenters. The quantitative estimate of drug-likeness (QED) is 0.702. The Labute approximate surface area is 169 Å². The van der Waals surface area contributed by atoms with E-state index in [2.05, 4.69) is 4.98 Å². The van der Waals surface area contributed by atoms with E-state index in [-0.39, 0.29) is 28.6 Å². The van der Waals surface area contributed by atoms with Crippen LogP contribution in [0.25, 0.3) is 0 Å². The van der Waals surface area contributed by atoms with Gasteiger partial charge in [-0.15, -0.1) is 0 Å². The van der Waals surface area contributed by atoms with E-state index in [1.54, 1.807) is 24.3 Å². The first kappa shape index (κ1) is 21.8. The van der Waals surface area contributed by atoms with Gasteiger partial charge in [0.1, 0.15) is 5.82 Å². The van der Waals surface area contributed by atoms with Crippen molar-refractivity contribution in [2.75, 3.05) is 17.2 Å². The Morgan fingerprint density at radius 2 is 1.96 bits per heavy atom. The van der Waals surface area contributed by atoms with Crippen molar-refractivity contribution in [3.63, 3.8) is 0 Å².